The van der Waals surface area contributed by atoms with Crippen LogP contribution in [0.2, 0.25) is 0 Å². The molecule has 6 nitrogen and oxygen atoms in total. The SMILES string of the molecule is O=C(COc1ccccc1)OCC(F)(F)S(=O)(=O)O. The molecular weight excluding hydrogens is 286 g/mol. The van der Waals surface area contributed by atoms with Gasteiger partial charge in [-0.05, 0) is 12.1 Å². The Balaban J connectivity index is 2.41. The van der Waals surface area contributed by atoms with Crippen LogP contribution in [-0.4, -0.2) is 37.4 Å². The van der Waals surface area contributed by atoms with Crippen LogP contribution in [0.1, 0.15) is 0 Å². The summed E-state index contributed by atoms with van der Waals surface area (Å²) in [7, 11) is -5.62. The summed E-state index contributed by atoms with van der Waals surface area (Å²) in [6, 6.07) is 8.03. The molecule has 0 atom stereocenters. The maximum Gasteiger partial charge on any atom is 0.402 e. The third-order valence-electron chi connectivity index (χ3n) is 1.88. The second-order valence-corrected chi connectivity index (χ2v) is 4.92. The van der Waals surface area contributed by atoms with Crippen LogP contribution in [0.3, 0.4) is 0 Å². The Morgan fingerprint density at radius 2 is 1.84 bits per heavy atom. The van der Waals surface area contributed by atoms with Gasteiger partial charge in [-0.3, -0.25) is 4.55 Å². The van der Waals surface area contributed by atoms with Gasteiger partial charge in [0.15, 0.2) is 13.2 Å². The molecule has 0 aliphatic rings. The van der Waals surface area contributed by atoms with Crippen molar-refractivity contribution in [3.8, 4) is 5.75 Å². The van der Waals surface area contributed by atoms with E-state index in [1.54, 1.807) is 18.2 Å². The van der Waals surface area contributed by atoms with Crippen LogP contribution < -0.4 is 4.74 Å². The van der Waals surface area contributed by atoms with Crippen molar-refractivity contribution in [1.29, 1.82) is 0 Å². The number of ether oxygens (including phenoxy) is 2. The molecule has 1 aromatic rings. The molecule has 0 saturated heterocycles. The van der Waals surface area contributed by atoms with E-state index < -0.39 is 34.6 Å². The third kappa shape index (κ3) is 4.79. The highest BCUT2D eigenvalue weighted by Gasteiger charge is 2.45. The minimum Gasteiger partial charge on any atom is -0.482 e. The Kier molecular flexibility index (Phi) is 4.78. The molecule has 0 saturated carbocycles. The number of carbonyl (C=O) groups is 1. The predicted molar refractivity (Wildman–Crippen MR) is 59.4 cm³/mol. The van der Waals surface area contributed by atoms with Crippen LogP contribution in [0.5, 0.6) is 5.75 Å². The molecule has 0 aliphatic heterocycles. The zero-order valence-electron chi connectivity index (χ0n) is 9.45. The van der Waals surface area contributed by atoms with Crippen LogP contribution in [0.4, 0.5) is 8.78 Å². The lowest BCUT2D eigenvalue weighted by atomic mass is 10.3. The van der Waals surface area contributed by atoms with E-state index in [2.05, 4.69) is 4.74 Å². The molecule has 0 aliphatic carbocycles. The summed E-state index contributed by atoms with van der Waals surface area (Å²) in [4.78, 5) is 11.0. The molecule has 9 heteroatoms. The van der Waals surface area contributed by atoms with Crippen LogP contribution in [0, 0.1) is 0 Å². The molecule has 0 radical (unpaired) electrons. The molecule has 0 amide bonds. The smallest absolute Gasteiger partial charge is 0.402 e. The second kappa shape index (κ2) is 5.93. The van der Waals surface area contributed by atoms with Gasteiger partial charge >= 0.3 is 21.3 Å². The molecule has 1 aromatic carbocycles. The summed E-state index contributed by atoms with van der Waals surface area (Å²) in [6.45, 7) is -2.44. The largest absolute Gasteiger partial charge is 0.482 e. The summed E-state index contributed by atoms with van der Waals surface area (Å²) >= 11 is 0. The number of halogens is 2. The lowest BCUT2D eigenvalue weighted by Gasteiger charge is -2.13. The standard InChI is InChI=1S/C10H10F2O6S/c11-10(12,19(14,15)16)7-18-9(13)6-17-8-4-2-1-3-5-8/h1-5H,6-7H2,(H,14,15,16). The first kappa shape index (κ1) is 15.3. The molecule has 19 heavy (non-hydrogen) atoms. The lowest BCUT2D eigenvalue weighted by Crippen LogP contribution is -2.35. The molecule has 0 spiro atoms. The van der Waals surface area contributed by atoms with Crippen molar-refractivity contribution in [2.24, 2.45) is 0 Å². The number of esters is 1. The summed E-state index contributed by atoms with van der Waals surface area (Å²) in [5, 5.41) is -4.55. The minimum absolute atomic E-state index is 0.320. The molecule has 106 valence electrons. The van der Waals surface area contributed by atoms with Gasteiger partial charge in [-0.15, -0.1) is 0 Å². The minimum atomic E-state index is -5.62. The van der Waals surface area contributed by atoms with Crippen molar-refractivity contribution >= 4 is 16.1 Å². The fourth-order valence-corrected chi connectivity index (χ4v) is 1.15. The zero-order chi connectivity index (χ0) is 14.5. The number of hydrogen-bond acceptors (Lipinski definition) is 5. The summed E-state index contributed by atoms with van der Waals surface area (Å²) < 4.78 is 62.9. The quantitative estimate of drug-likeness (QED) is 0.624. The van der Waals surface area contributed by atoms with Crippen molar-refractivity contribution in [1.82, 2.24) is 0 Å². The number of carbonyl (C=O) groups excluding carboxylic acids is 1. The molecule has 0 fully saturated rings. The Hall–Kier alpha value is -1.74. The number of alkyl halides is 2. The second-order valence-electron chi connectivity index (χ2n) is 3.37. The van der Waals surface area contributed by atoms with Crippen LogP contribution >= 0.6 is 0 Å². The molecule has 1 N–H and O–H groups in total. The number of hydrogen-bond donors (Lipinski definition) is 1. The summed E-state index contributed by atoms with van der Waals surface area (Å²) in [6.07, 6.45) is 0. The monoisotopic (exact) mass is 296 g/mol. The van der Waals surface area contributed by atoms with E-state index in [0.717, 1.165) is 0 Å². The Morgan fingerprint density at radius 1 is 1.26 bits per heavy atom. The van der Waals surface area contributed by atoms with Gasteiger partial charge in [-0.25, -0.2) is 4.79 Å². The van der Waals surface area contributed by atoms with Crippen LogP contribution in [0.25, 0.3) is 0 Å². The van der Waals surface area contributed by atoms with E-state index in [1.807, 2.05) is 0 Å². The van der Waals surface area contributed by atoms with Gasteiger partial charge in [0.05, 0.1) is 0 Å². The molecule has 0 unspecified atom stereocenters. The van der Waals surface area contributed by atoms with Gasteiger partial charge in [0.2, 0.25) is 0 Å². The first-order valence-corrected chi connectivity index (χ1v) is 6.35. The van der Waals surface area contributed by atoms with E-state index in [1.165, 1.54) is 12.1 Å². The number of benzene rings is 1. The van der Waals surface area contributed by atoms with Crippen molar-refractivity contribution in [2.45, 2.75) is 5.25 Å². The fraction of sp³-hybridized carbons (Fsp3) is 0.300. The average Bonchev–Trinajstić information content (AvgIpc) is 2.34. The van der Waals surface area contributed by atoms with Crippen LogP contribution in [-0.2, 0) is 19.6 Å². The fourth-order valence-electron chi connectivity index (χ4n) is 0.940. The van der Waals surface area contributed by atoms with E-state index >= 15 is 0 Å². The Morgan fingerprint density at radius 3 is 2.37 bits per heavy atom. The van der Waals surface area contributed by atoms with Gasteiger partial charge in [0.25, 0.3) is 0 Å². The number of rotatable bonds is 6. The van der Waals surface area contributed by atoms with Crippen molar-refractivity contribution in [3.05, 3.63) is 30.3 Å². The molecule has 0 aromatic heterocycles. The first-order chi connectivity index (χ1) is 8.72. The maximum absolute atomic E-state index is 12.7. The molecule has 0 bridgehead atoms. The highest BCUT2D eigenvalue weighted by atomic mass is 32.2. The van der Waals surface area contributed by atoms with Gasteiger partial charge in [-0.1, -0.05) is 18.2 Å². The van der Waals surface area contributed by atoms with Crippen molar-refractivity contribution in [2.75, 3.05) is 13.2 Å². The molecular formula is C10H10F2O6S. The summed E-state index contributed by atoms with van der Waals surface area (Å²) in [5.74, 6) is -0.867. The Labute approximate surface area is 107 Å². The van der Waals surface area contributed by atoms with E-state index in [0.29, 0.717) is 5.75 Å². The number of para-hydroxylation sites is 1. The van der Waals surface area contributed by atoms with Crippen molar-refractivity contribution in [3.63, 3.8) is 0 Å². The van der Waals surface area contributed by atoms with Gasteiger partial charge in [0, 0.05) is 0 Å². The van der Waals surface area contributed by atoms with E-state index in [9.17, 15) is 22.0 Å². The first-order valence-electron chi connectivity index (χ1n) is 4.91. The summed E-state index contributed by atoms with van der Waals surface area (Å²) in [5.41, 5.74) is 0. The predicted octanol–water partition coefficient (Wildman–Crippen LogP) is 1.09. The van der Waals surface area contributed by atoms with Gasteiger partial charge in [-0.2, -0.15) is 17.2 Å². The Bertz CT molecular complexity index is 528. The topological polar surface area (TPSA) is 89.9 Å². The van der Waals surface area contributed by atoms with Gasteiger partial charge in [0.1, 0.15) is 5.75 Å². The maximum atomic E-state index is 12.7. The van der Waals surface area contributed by atoms with E-state index in [4.69, 9.17) is 9.29 Å². The normalized spacial score (nSPS) is 11.9. The van der Waals surface area contributed by atoms with Gasteiger partial charge < -0.3 is 9.47 Å². The van der Waals surface area contributed by atoms with E-state index in [-0.39, 0.29) is 0 Å². The lowest BCUT2D eigenvalue weighted by molar-refractivity contribution is -0.151. The molecule has 0 heterocycles. The third-order valence-corrected chi connectivity index (χ3v) is 2.75. The average molecular weight is 296 g/mol. The van der Waals surface area contributed by atoms with Crippen LogP contribution in [0.15, 0.2) is 30.3 Å². The molecule has 1 rings (SSSR count). The highest BCUT2D eigenvalue weighted by molar-refractivity contribution is 7.86. The highest BCUT2D eigenvalue weighted by Crippen LogP contribution is 2.20. The zero-order valence-corrected chi connectivity index (χ0v) is 10.3. The van der Waals surface area contributed by atoms with Crippen molar-refractivity contribution < 1.29 is 36.0 Å².